The third-order valence-electron chi connectivity index (χ3n) is 9.41. The summed E-state index contributed by atoms with van der Waals surface area (Å²) < 4.78 is 12.1. The molecular formula is C25H42O4S. The first-order valence-corrected chi connectivity index (χ1v) is 15.2. The van der Waals surface area contributed by atoms with E-state index in [2.05, 4.69) is 31.8 Å². The summed E-state index contributed by atoms with van der Waals surface area (Å²) in [5.41, 5.74) is 0.705. The van der Waals surface area contributed by atoms with Crippen LogP contribution in [0.25, 0.3) is 0 Å². The zero-order valence-electron chi connectivity index (χ0n) is 19.4. The SMILES string of the molecule is CC[C@]12CC(O)(CS(C)(C)C)C3C4CCC5(CC4=CCC3C1CCC2O)OCCO5. The Labute approximate surface area is 184 Å². The highest BCUT2D eigenvalue weighted by molar-refractivity contribution is 8.32. The Morgan fingerprint density at radius 1 is 1.13 bits per heavy atom. The smallest absolute Gasteiger partial charge is 0.172 e. The number of rotatable bonds is 3. The maximum atomic E-state index is 12.5. The molecule has 1 spiro atoms. The van der Waals surface area contributed by atoms with E-state index in [1.807, 2.05) is 0 Å². The Kier molecular flexibility index (Phi) is 5.23. The minimum Gasteiger partial charge on any atom is -0.393 e. The summed E-state index contributed by atoms with van der Waals surface area (Å²) in [6, 6.07) is 0. The Hall–Kier alpha value is -0.0700. The van der Waals surface area contributed by atoms with Crippen molar-refractivity contribution in [1.82, 2.24) is 0 Å². The number of aliphatic hydroxyl groups is 2. The van der Waals surface area contributed by atoms with E-state index in [0.717, 1.165) is 57.1 Å². The molecule has 4 aliphatic carbocycles. The van der Waals surface area contributed by atoms with Crippen LogP contribution in [0, 0.1) is 29.1 Å². The molecule has 3 saturated carbocycles. The van der Waals surface area contributed by atoms with E-state index in [9.17, 15) is 10.2 Å². The van der Waals surface area contributed by atoms with Crippen LogP contribution in [-0.2, 0) is 9.47 Å². The standard InChI is InChI=1S/C25H42O4S/c1-5-23-15-24(27,16-30(2,3)4)22-18-10-11-25(28-12-13-29-25)14-17(18)6-7-19(22)20(23)8-9-21(23)26/h6,18-22,26-27H,5,7-16H2,1-4H3/t18?,19?,20?,21?,22?,23-,24?/m0/s1. The van der Waals surface area contributed by atoms with E-state index in [4.69, 9.17) is 9.47 Å². The maximum Gasteiger partial charge on any atom is 0.172 e. The molecule has 1 aliphatic heterocycles. The van der Waals surface area contributed by atoms with Gasteiger partial charge in [0, 0.05) is 24.0 Å². The molecule has 1 saturated heterocycles. The van der Waals surface area contributed by atoms with E-state index in [0.29, 0.717) is 36.9 Å². The van der Waals surface area contributed by atoms with Gasteiger partial charge in [-0.3, -0.25) is 0 Å². The molecule has 5 rings (SSSR count). The van der Waals surface area contributed by atoms with Crippen LogP contribution < -0.4 is 0 Å². The molecule has 7 atom stereocenters. The third-order valence-corrected chi connectivity index (χ3v) is 10.8. The van der Waals surface area contributed by atoms with Crippen molar-refractivity contribution in [2.45, 2.75) is 75.8 Å². The quantitative estimate of drug-likeness (QED) is 0.652. The van der Waals surface area contributed by atoms with Crippen LogP contribution in [0.2, 0.25) is 0 Å². The Balaban J connectivity index is 1.54. The van der Waals surface area contributed by atoms with Crippen LogP contribution in [0.4, 0.5) is 0 Å². The molecule has 5 heteroatoms. The van der Waals surface area contributed by atoms with E-state index in [1.165, 1.54) is 5.57 Å². The zero-order chi connectivity index (χ0) is 21.4. The minimum absolute atomic E-state index is 0.0977. The van der Waals surface area contributed by atoms with Crippen molar-refractivity contribution < 1.29 is 19.7 Å². The summed E-state index contributed by atoms with van der Waals surface area (Å²) >= 11 is 0. The molecule has 0 bridgehead atoms. The lowest BCUT2D eigenvalue weighted by molar-refractivity contribution is -0.198. The molecule has 5 aliphatic rings. The molecule has 4 nitrogen and oxygen atoms in total. The van der Waals surface area contributed by atoms with Gasteiger partial charge in [0.2, 0.25) is 0 Å². The second-order valence-corrected chi connectivity index (χ2v) is 16.4. The van der Waals surface area contributed by atoms with Crippen molar-refractivity contribution in [3.63, 3.8) is 0 Å². The fraction of sp³-hybridized carbons (Fsp3) is 0.920. The summed E-state index contributed by atoms with van der Waals surface area (Å²) in [7, 11) is -0.874. The van der Waals surface area contributed by atoms with Gasteiger partial charge in [0.15, 0.2) is 5.79 Å². The van der Waals surface area contributed by atoms with Crippen molar-refractivity contribution in [2.24, 2.45) is 29.1 Å². The highest BCUT2D eigenvalue weighted by Gasteiger charge is 2.65. The second kappa shape index (κ2) is 7.21. The average molecular weight is 439 g/mol. The maximum absolute atomic E-state index is 12.5. The summed E-state index contributed by atoms with van der Waals surface area (Å²) in [6.45, 7) is 3.66. The van der Waals surface area contributed by atoms with Crippen molar-refractivity contribution in [1.29, 1.82) is 0 Å². The Bertz CT molecular complexity index is 708. The van der Waals surface area contributed by atoms with E-state index >= 15 is 0 Å². The second-order valence-electron chi connectivity index (χ2n) is 11.9. The van der Waals surface area contributed by atoms with Crippen molar-refractivity contribution in [2.75, 3.05) is 37.7 Å². The summed E-state index contributed by atoms with van der Waals surface area (Å²) in [5, 5.41) is 23.6. The van der Waals surface area contributed by atoms with Gasteiger partial charge < -0.3 is 19.7 Å². The largest absolute Gasteiger partial charge is 0.393 e. The number of allylic oxidation sites excluding steroid dienone is 1. The number of fused-ring (bicyclic) bond motifs is 5. The molecule has 4 fully saturated rings. The molecule has 1 heterocycles. The molecule has 0 aromatic heterocycles. The lowest BCUT2D eigenvalue weighted by Gasteiger charge is -2.62. The third kappa shape index (κ3) is 3.25. The molecule has 0 amide bonds. The summed E-state index contributed by atoms with van der Waals surface area (Å²) in [4.78, 5) is 0. The van der Waals surface area contributed by atoms with Crippen LogP contribution in [0.3, 0.4) is 0 Å². The summed E-state index contributed by atoms with van der Waals surface area (Å²) in [6.07, 6.45) is 17.0. The molecule has 2 N–H and O–H groups in total. The number of hydrogen-bond donors (Lipinski definition) is 2. The Morgan fingerprint density at radius 3 is 2.53 bits per heavy atom. The molecular weight excluding hydrogens is 396 g/mol. The van der Waals surface area contributed by atoms with Crippen LogP contribution in [0.5, 0.6) is 0 Å². The van der Waals surface area contributed by atoms with Gasteiger partial charge in [0.05, 0.1) is 24.9 Å². The molecule has 0 aromatic rings. The van der Waals surface area contributed by atoms with E-state index in [-0.39, 0.29) is 11.5 Å². The lowest BCUT2D eigenvalue weighted by atomic mass is 9.47. The van der Waals surface area contributed by atoms with Crippen molar-refractivity contribution in [3.8, 4) is 0 Å². The lowest BCUT2D eigenvalue weighted by Crippen LogP contribution is -2.63. The first-order chi connectivity index (χ1) is 14.1. The average Bonchev–Trinajstić information content (AvgIpc) is 3.25. The fourth-order valence-corrected chi connectivity index (χ4v) is 10.4. The monoisotopic (exact) mass is 438 g/mol. The van der Waals surface area contributed by atoms with Crippen molar-refractivity contribution in [3.05, 3.63) is 11.6 Å². The highest BCUT2D eigenvalue weighted by atomic mass is 32.3. The van der Waals surface area contributed by atoms with Gasteiger partial charge in [-0.05, 0) is 81.0 Å². The van der Waals surface area contributed by atoms with Crippen molar-refractivity contribution >= 4 is 10.0 Å². The van der Waals surface area contributed by atoms with Gasteiger partial charge >= 0.3 is 0 Å². The molecule has 30 heavy (non-hydrogen) atoms. The van der Waals surface area contributed by atoms with Gasteiger partial charge in [0.25, 0.3) is 0 Å². The van der Waals surface area contributed by atoms with Gasteiger partial charge in [0.1, 0.15) is 0 Å². The molecule has 6 unspecified atom stereocenters. The van der Waals surface area contributed by atoms with Crippen LogP contribution in [-0.4, -0.2) is 65.4 Å². The topological polar surface area (TPSA) is 58.9 Å². The van der Waals surface area contributed by atoms with Gasteiger partial charge in [-0.25, -0.2) is 10.0 Å². The van der Waals surface area contributed by atoms with Gasteiger partial charge in [-0.15, -0.1) is 0 Å². The number of aliphatic hydroxyl groups excluding tert-OH is 1. The minimum atomic E-state index is -0.874. The van der Waals surface area contributed by atoms with Gasteiger partial charge in [-0.1, -0.05) is 18.6 Å². The first kappa shape index (κ1) is 21.8. The van der Waals surface area contributed by atoms with Crippen LogP contribution >= 0.6 is 10.0 Å². The number of ether oxygens (including phenoxy) is 2. The fourth-order valence-electron chi connectivity index (χ4n) is 8.64. The zero-order valence-corrected chi connectivity index (χ0v) is 20.2. The van der Waals surface area contributed by atoms with Crippen LogP contribution in [0.1, 0.15) is 58.3 Å². The highest BCUT2D eigenvalue weighted by Crippen LogP contribution is 2.67. The van der Waals surface area contributed by atoms with E-state index in [1.54, 1.807) is 0 Å². The first-order valence-electron chi connectivity index (χ1n) is 12.1. The predicted octanol–water partition coefficient (Wildman–Crippen LogP) is 4.09. The predicted molar refractivity (Wildman–Crippen MR) is 123 cm³/mol. The molecule has 0 aromatic carbocycles. The van der Waals surface area contributed by atoms with Crippen LogP contribution in [0.15, 0.2) is 11.6 Å². The molecule has 0 radical (unpaired) electrons. The normalized spacial score (nSPS) is 48.1. The van der Waals surface area contributed by atoms with E-state index < -0.39 is 21.4 Å². The number of hydrogen-bond acceptors (Lipinski definition) is 4. The Morgan fingerprint density at radius 2 is 1.87 bits per heavy atom. The molecule has 172 valence electrons. The van der Waals surface area contributed by atoms with Gasteiger partial charge in [-0.2, -0.15) is 0 Å². The summed E-state index contributed by atoms with van der Waals surface area (Å²) in [5.74, 6) is 2.30.